The number of nitro groups is 1. The number of hydrogen-bond acceptors (Lipinski definition) is 7. The molecule has 0 fully saturated rings. The number of nitro benzene ring substituents is 1. The third kappa shape index (κ3) is 2.85. The summed E-state index contributed by atoms with van der Waals surface area (Å²) < 4.78 is 0. The van der Waals surface area contributed by atoms with Crippen molar-refractivity contribution in [1.82, 2.24) is 20.2 Å². The molecule has 0 amide bonds. The highest BCUT2D eigenvalue weighted by Gasteiger charge is 2.08. The second kappa shape index (κ2) is 5.96. The maximum absolute atomic E-state index is 10.8. The van der Waals surface area contributed by atoms with Gasteiger partial charge >= 0.3 is 0 Å². The molecule has 0 bridgehead atoms. The molecule has 9 nitrogen and oxygen atoms in total. The van der Waals surface area contributed by atoms with Gasteiger partial charge in [-0.2, -0.15) is 10.1 Å². The Bertz CT molecular complexity index is 1120. The fraction of sp³-hybridized carbons (Fsp3) is 0. The lowest BCUT2D eigenvalue weighted by Crippen LogP contribution is -1.99. The minimum absolute atomic E-state index is 0.00126. The number of aromatic nitrogens is 4. The summed E-state index contributed by atoms with van der Waals surface area (Å²) in [6, 6.07) is 13.9. The average Bonchev–Trinajstić information content (AvgIpc) is 3.00. The van der Waals surface area contributed by atoms with Crippen LogP contribution in [-0.2, 0) is 0 Å². The molecule has 0 unspecified atom stereocenters. The Kier molecular flexibility index (Phi) is 3.51. The molecule has 0 aliphatic heterocycles. The number of fused-ring (bicyclic) bond motifs is 3. The van der Waals surface area contributed by atoms with E-state index in [0.29, 0.717) is 16.7 Å². The van der Waals surface area contributed by atoms with E-state index in [2.05, 4.69) is 30.7 Å². The standard InChI is InChI=1S/C16H11N7O2/c24-23(25)11-5-3-4-10(8-11)9-17-21-16-19-15-14(20-22-16)12-6-1-2-7-13(12)18-15/h1-9H,(H2,18,19,21,22)/b17-9-. The minimum atomic E-state index is -0.457. The van der Waals surface area contributed by atoms with Crippen LogP contribution in [0.4, 0.5) is 11.6 Å². The lowest BCUT2D eigenvalue weighted by atomic mass is 10.2. The SMILES string of the molecule is O=[N+]([O-])c1cccc(/C=N\Nc2nnc3c(n2)[nH]c2ccccc23)c1. The summed E-state index contributed by atoms with van der Waals surface area (Å²) in [5, 5.41) is 23.9. The van der Waals surface area contributed by atoms with E-state index in [1.54, 1.807) is 12.1 Å². The molecule has 2 aromatic carbocycles. The van der Waals surface area contributed by atoms with Gasteiger partial charge in [-0.15, -0.1) is 10.2 Å². The van der Waals surface area contributed by atoms with Crippen molar-refractivity contribution < 1.29 is 4.92 Å². The second-order valence-electron chi connectivity index (χ2n) is 5.23. The zero-order valence-corrected chi connectivity index (χ0v) is 12.7. The van der Waals surface area contributed by atoms with Crippen LogP contribution >= 0.6 is 0 Å². The zero-order valence-electron chi connectivity index (χ0n) is 12.7. The number of non-ortho nitro benzene ring substituents is 1. The molecule has 2 heterocycles. The van der Waals surface area contributed by atoms with E-state index in [-0.39, 0.29) is 11.6 Å². The van der Waals surface area contributed by atoms with Crippen LogP contribution in [0.3, 0.4) is 0 Å². The molecule has 4 aromatic rings. The average molecular weight is 333 g/mol. The van der Waals surface area contributed by atoms with Crippen LogP contribution < -0.4 is 5.43 Å². The normalized spacial score (nSPS) is 11.4. The topological polar surface area (TPSA) is 122 Å². The maximum atomic E-state index is 10.8. The fourth-order valence-electron chi connectivity index (χ4n) is 2.45. The number of para-hydroxylation sites is 1. The molecule has 0 atom stereocenters. The lowest BCUT2D eigenvalue weighted by molar-refractivity contribution is -0.384. The molecule has 25 heavy (non-hydrogen) atoms. The number of benzene rings is 2. The summed E-state index contributed by atoms with van der Waals surface area (Å²) in [7, 11) is 0. The van der Waals surface area contributed by atoms with Gasteiger partial charge in [0.1, 0.15) is 5.52 Å². The summed E-state index contributed by atoms with van der Waals surface area (Å²) in [6.07, 6.45) is 1.45. The van der Waals surface area contributed by atoms with Crippen molar-refractivity contribution in [2.24, 2.45) is 5.10 Å². The van der Waals surface area contributed by atoms with Gasteiger partial charge in [-0.25, -0.2) is 5.43 Å². The van der Waals surface area contributed by atoms with Crippen molar-refractivity contribution in [3.63, 3.8) is 0 Å². The quantitative estimate of drug-likeness (QED) is 0.336. The van der Waals surface area contributed by atoms with Crippen LogP contribution in [0.5, 0.6) is 0 Å². The zero-order chi connectivity index (χ0) is 17.2. The van der Waals surface area contributed by atoms with Crippen LogP contribution in [-0.4, -0.2) is 31.3 Å². The van der Waals surface area contributed by atoms with Crippen molar-refractivity contribution in [1.29, 1.82) is 0 Å². The molecular formula is C16H11N7O2. The smallest absolute Gasteiger partial charge is 0.270 e. The van der Waals surface area contributed by atoms with E-state index >= 15 is 0 Å². The van der Waals surface area contributed by atoms with Gasteiger partial charge in [0.25, 0.3) is 11.6 Å². The van der Waals surface area contributed by atoms with Gasteiger partial charge < -0.3 is 4.98 Å². The van der Waals surface area contributed by atoms with E-state index < -0.39 is 4.92 Å². The summed E-state index contributed by atoms with van der Waals surface area (Å²) in [4.78, 5) is 17.8. The summed E-state index contributed by atoms with van der Waals surface area (Å²) in [5.41, 5.74) is 5.47. The Labute approximate surface area is 140 Å². The van der Waals surface area contributed by atoms with Gasteiger partial charge in [0, 0.05) is 28.6 Å². The number of nitrogens with one attached hydrogen (secondary N) is 2. The predicted octanol–water partition coefficient (Wildman–Crippen LogP) is 2.86. The first kappa shape index (κ1) is 14.7. The number of hydrazone groups is 1. The van der Waals surface area contributed by atoms with Crippen LogP contribution in [0.25, 0.3) is 22.1 Å². The highest BCUT2D eigenvalue weighted by Crippen LogP contribution is 2.21. The van der Waals surface area contributed by atoms with Gasteiger partial charge in [0.2, 0.25) is 0 Å². The van der Waals surface area contributed by atoms with Crippen LogP contribution in [0, 0.1) is 10.1 Å². The molecule has 0 radical (unpaired) electrons. The van der Waals surface area contributed by atoms with E-state index in [0.717, 1.165) is 10.9 Å². The van der Waals surface area contributed by atoms with Crippen molar-refractivity contribution in [2.75, 3.05) is 5.43 Å². The second-order valence-corrected chi connectivity index (χ2v) is 5.23. The summed E-state index contributed by atoms with van der Waals surface area (Å²) >= 11 is 0. The number of nitrogens with zero attached hydrogens (tertiary/aromatic N) is 5. The first-order valence-corrected chi connectivity index (χ1v) is 7.35. The largest absolute Gasteiger partial charge is 0.338 e. The first-order chi connectivity index (χ1) is 12.2. The minimum Gasteiger partial charge on any atom is -0.338 e. The van der Waals surface area contributed by atoms with E-state index in [9.17, 15) is 10.1 Å². The number of H-pyrrole nitrogens is 1. The van der Waals surface area contributed by atoms with Gasteiger partial charge in [-0.05, 0) is 6.07 Å². The Morgan fingerprint density at radius 2 is 2.04 bits per heavy atom. The highest BCUT2D eigenvalue weighted by molar-refractivity contribution is 6.03. The molecule has 2 N–H and O–H groups in total. The van der Waals surface area contributed by atoms with Crippen LogP contribution in [0.15, 0.2) is 53.6 Å². The van der Waals surface area contributed by atoms with Crippen LogP contribution in [0.1, 0.15) is 5.56 Å². The maximum Gasteiger partial charge on any atom is 0.270 e. The Morgan fingerprint density at radius 3 is 2.92 bits per heavy atom. The lowest BCUT2D eigenvalue weighted by Gasteiger charge is -1.97. The van der Waals surface area contributed by atoms with Gasteiger partial charge in [-0.1, -0.05) is 30.3 Å². The predicted molar refractivity (Wildman–Crippen MR) is 93.5 cm³/mol. The molecule has 0 aliphatic rings. The molecule has 122 valence electrons. The van der Waals surface area contributed by atoms with Crippen LogP contribution in [0.2, 0.25) is 0 Å². The van der Waals surface area contributed by atoms with Crippen molar-refractivity contribution in [3.05, 3.63) is 64.2 Å². The third-order valence-electron chi connectivity index (χ3n) is 3.58. The molecule has 9 heteroatoms. The Hall–Kier alpha value is -3.88. The number of aromatic amines is 1. The molecular weight excluding hydrogens is 322 g/mol. The first-order valence-electron chi connectivity index (χ1n) is 7.35. The fourth-order valence-corrected chi connectivity index (χ4v) is 2.45. The van der Waals surface area contributed by atoms with E-state index in [1.165, 1.54) is 18.3 Å². The Balaban J connectivity index is 1.57. The van der Waals surface area contributed by atoms with E-state index in [1.807, 2.05) is 24.3 Å². The Morgan fingerprint density at radius 1 is 1.16 bits per heavy atom. The molecule has 0 saturated heterocycles. The van der Waals surface area contributed by atoms with Gasteiger partial charge in [-0.3, -0.25) is 10.1 Å². The number of hydrogen-bond donors (Lipinski definition) is 2. The van der Waals surface area contributed by atoms with Crippen molar-refractivity contribution in [3.8, 4) is 0 Å². The van der Waals surface area contributed by atoms with Crippen molar-refractivity contribution >= 4 is 39.9 Å². The van der Waals surface area contributed by atoms with Gasteiger partial charge in [0.05, 0.1) is 11.1 Å². The highest BCUT2D eigenvalue weighted by atomic mass is 16.6. The third-order valence-corrected chi connectivity index (χ3v) is 3.58. The molecule has 4 rings (SSSR count). The number of anilines is 1. The summed E-state index contributed by atoms with van der Waals surface area (Å²) in [6.45, 7) is 0. The number of rotatable bonds is 4. The molecule has 2 aromatic heterocycles. The summed E-state index contributed by atoms with van der Waals surface area (Å²) in [5.74, 6) is 0.223. The monoisotopic (exact) mass is 333 g/mol. The molecule has 0 saturated carbocycles. The molecule has 0 aliphatic carbocycles. The van der Waals surface area contributed by atoms with Gasteiger partial charge in [0.15, 0.2) is 5.65 Å². The van der Waals surface area contributed by atoms with E-state index in [4.69, 9.17) is 0 Å². The molecule has 0 spiro atoms. The van der Waals surface area contributed by atoms with Crippen molar-refractivity contribution in [2.45, 2.75) is 0 Å².